The van der Waals surface area contributed by atoms with E-state index < -0.39 is 0 Å². The maximum atomic E-state index is 13.5. The van der Waals surface area contributed by atoms with Crippen molar-refractivity contribution < 1.29 is 4.79 Å². The number of nitrogens with one attached hydrogen (secondary N) is 1. The van der Waals surface area contributed by atoms with Crippen LogP contribution in [0.4, 0.5) is 10.5 Å². The second-order valence-corrected chi connectivity index (χ2v) is 10.5. The average Bonchev–Trinajstić information content (AvgIpc) is 2.78. The molecule has 1 N–H and O–H groups in total. The minimum Gasteiger partial charge on any atom is -0.313 e. The van der Waals surface area contributed by atoms with Gasteiger partial charge in [-0.05, 0) is 71.2 Å². The summed E-state index contributed by atoms with van der Waals surface area (Å²) in [5.74, 6) is 0. The van der Waals surface area contributed by atoms with Gasteiger partial charge in [-0.2, -0.15) is 0 Å². The maximum Gasteiger partial charge on any atom is 0.322 e. The lowest BCUT2D eigenvalue weighted by Gasteiger charge is -2.36. The molecule has 1 aliphatic rings. The lowest BCUT2D eigenvalue weighted by atomic mass is 9.86. The van der Waals surface area contributed by atoms with E-state index in [0.29, 0.717) is 6.54 Å². The number of hydrogen-bond acceptors (Lipinski definition) is 1. The number of fused-ring (bicyclic) bond motifs is 1. The van der Waals surface area contributed by atoms with E-state index in [-0.39, 0.29) is 17.5 Å². The molecule has 0 aromatic heterocycles. The van der Waals surface area contributed by atoms with Crippen LogP contribution in [-0.4, -0.2) is 10.9 Å². The van der Waals surface area contributed by atoms with Crippen molar-refractivity contribution in [1.82, 2.24) is 4.90 Å². The molecular formula is C28H31BrN2O. The van der Waals surface area contributed by atoms with Crippen molar-refractivity contribution in [3.63, 3.8) is 0 Å². The van der Waals surface area contributed by atoms with Gasteiger partial charge in [0, 0.05) is 16.7 Å². The van der Waals surface area contributed by atoms with Gasteiger partial charge >= 0.3 is 6.03 Å². The topological polar surface area (TPSA) is 32.3 Å². The first-order chi connectivity index (χ1) is 15.3. The molecule has 2 amide bonds. The predicted molar refractivity (Wildman–Crippen MR) is 136 cm³/mol. The minimum absolute atomic E-state index is 0.0612. The van der Waals surface area contributed by atoms with Gasteiger partial charge in [0.1, 0.15) is 0 Å². The summed E-state index contributed by atoms with van der Waals surface area (Å²) in [6.07, 6.45) is 3.15. The first-order valence-corrected chi connectivity index (χ1v) is 12.1. The predicted octanol–water partition coefficient (Wildman–Crippen LogP) is 7.86. The molecule has 0 saturated carbocycles. The van der Waals surface area contributed by atoms with Gasteiger partial charge in [0.15, 0.2) is 0 Å². The Morgan fingerprint density at radius 3 is 2.38 bits per heavy atom. The van der Waals surface area contributed by atoms with E-state index in [1.165, 1.54) is 16.7 Å². The van der Waals surface area contributed by atoms with Gasteiger partial charge in [-0.1, -0.05) is 85.2 Å². The molecular weight excluding hydrogens is 460 g/mol. The second kappa shape index (κ2) is 9.50. The number of aryl methyl sites for hydroxylation is 1. The summed E-state index contributed by atoms with van der Waals surface area (Å²) < 4.78 is 0.993. The normalized spacial score (nSPS) is 15.7. The number of halogens is 1. The fourth-order valence-corrected chi connectivity index (χ4v) is 4.68. The molecule has 1 unspecified atom stereocenters. The zero-order valence-electron chi connectivity index (χ0n) is 19.1. The van der Waals surface area contributed by atoms with Crippen molar-refractivity contribution in [1.29, 1.82) is 0 Å². The Morgan fingerprint density at radius 1 is 1.00 bits per heavy atom. The van der Waals surface area contributed by atoms with Crippen LogP contribution in [0.25, 0.3) is 0 Å². The van der Waals surface area contributed by atoms with Crippen LogP contribution in [0.15, 0.2) is 77.3 Å². The van der Waals surface area contributed by atoms with E-state index in [1.807, 2.05) is 29.2 Å². The molecule has 1 atom stereocenters. The lowest BCUT2D eigenvalue weighted by molar-refractivity contribution is 0.175. The van der Waals surface area contributed by atoms with Crippen molar-refractivity contribution >= 4 is 27.6 Å². The second-order valence-electron chi connectivity index (χ2n) is 9.62. The number of anilines is 1. The molecule has 166 valence electrons. The minimum atomic E-state index is -0.0612. The van der Waals surface area contributed by atoms with Gasteiger partial charge < -0.3 is 10.2 Å². The Bertz CT molecular complexity index is 1070. The van der Waals surface area contributed by atoms with Crippen molar-refractivity contribution in [2.75, 3.05) is 5.32 Å². The lowest BCUT2D eigenvalue weighted by Crippen LogP contribution is -2.39. The molecule has 3 aromatic rings. The van der Waals surface area contributed by atoms with Crippen LogP contribution in [0.2, 0.25) is 0 Å². The van der Waals surface area contributed by atoms with Crippen molar-refractivity contribution in [3.05, 3.63) is 99.5 Å². The van der Waals surface area contributed by atoms with Crippen LogP contribution in [0.5, 0.6) is 0 Å². The first-order valence-electron chi connectivity index (χ1n) is 11.3. The number of carbonyl (C=O) groups excluding carboxylic acids is 1. The zero-order chi connectivity index (χ0) is 22.7. The van der Waals surface area contributed by atoms with E-state index in [4.69, 9.17) is 0 Å². The molecule has 32 heavy (non-hydrogen) atoms. The van der Waals surface area contributed by atoms with Crippen LogP contribution < -0.4 is 5.32 Å². The van der Waals surface area contributed by atoms with Gasteiger partial charge in [0.05, 0.1) is 6.04 Å². The molecule has 4 heteroatoms. The SMILES string of the molecule is CC(C)(C)c1ccc(CN(C(=O)Nc2ccc(Br)cc2)C2CCCc3ccccc32)cc1. The fourth-order valence-electron chi connectivity index (χ4n) is 4.41. The van der Waals surface area contributed by atoms with Crippen LogP contribution in [0, 0.1) is 0 Å². The van der Waals surface area contributed by atoms with Crippen LogP contribution in [0.3, 0.4) is 0 Å². The first kappa shape index (κ1) is 22.6. The highest BCUT2D eigenvalue weighted by molar-refractivity contribution is 9.10. The van der Waals surface area contributed by atoms with E-state index >= 15 is 0 Å². The van der Waals surface area contributed by atoms with E-state index in [9.17, 15) is 4.79 Å². The molecule has 0 saturated heterocycles. The summed E-state index contributed by atoms with van der Waals surface area (Å²) in [5.41, 5.74) is 5.99. The summed E-state index contributed by atoms with van der Waals surface area (Å²) in [6, 6.07) is 25.0. The number of hydrogen-bond donors (Lipinski definition) is 1. The standard InChI is InChI=1S/C28H31BrN2O/c1-28(2,3)22-13-11-20(12-14-22)19-31(27(32)30-24-17-15-23(29)16-18-24)26-10-6-8-21-7-4-5-9-25(21)26/h4-5,7,9,11-18,26H,6,8,10,19H2,1-3H3,(H,30,32). The van der Waals surface area contributed by atoms with E-state index in [0.717, 1.165) is 35.0 Å². The summed E-state index contributed by atoms with van der Waals surface area (Å²) in [5, 5.41) is 3.12. The van der Waals surface area contributed by atoms with Crippen LogP contribution in [-0.2, 0) is 18.4 Å². The van der Waals surface area contributed by atoms with Gasteiger partial charge in [0.2, 0.25) is 0 Å². The Morgan fingerprint density at radius 2 is 1.69 bits per heavy atom. The molecule has 0 spiro atoms. The third kappa shape index (κ3) is 5.24. The number of nitrogens with zero attached hydrogens (tertiary/aromatic N) is 1. The quantitative estimate of drug-likeness (QED) is 0.396. The van der Waals surface area contributed by atoms with Crippen molar-refractivity contribution in [2.24, 2.45) is 0 Å². The average molecular weight is 491 g/mol. The van der Waals surface area contributed by atoms with Gasteiger partial charge in [0.25, 0.3) is 0 Å². The Hall–Kier alpha value is -2.59. The molecule has 3 aromatic carbocycles. The summed E-state index contributed by atoms with van der Waals surface area (Å²) in [4.78, 5) is 15.5. The molecule has 0 aliphatic heterocycles. The zero-order valence-corrected chi connectivity index (χ0v) is 20.7. The molecule has 0 bridgehead atoms. The molecule has 1 aliphatic carbocycles. The van der Waals surface area contributed by atoms with E-state index in [1.54, 1.807) is 0 Å². The van der Waals surface area contributed by atoms with Gasteiger partial charge in [-0.3, -0.25) is 0 Å². The fraction of sp³-hybridized carbons (Fsp3) is 0.321. The molecule has 0 fully saturated rings. The third-order valence-electron chi connectivity index (χ3n) is 6.24. The van der Waals surface area contributed by atoms with Gasteiger partial charge in [-0.25, -0.2) is 4.79 Å². The summed E-state index contributed by atoms with van der Waals surface area (Å²) in [6.45, 7) is 7.24. The van der Waals surface area contributed by atoms with Crippen LogP contribution >= 0.6 is 15.9 Å². The maximum absolute atomic E-state index is 13.5. The number of rotatable bonds is 4. The third-order valence-corrected chi connectivity index (χ3v) is 6.77. The summed E-state index contributed by atoms with van der Waals surface area (Å²) >= 11 is 3.46. The Balaban J connectivity index is 1.63. The summed E-state index contributed by atoms with van der Waals surface area (Å²) in [7, 11) is 0. The largest absolute Gasteiger partial charge is 0.322 e. The molecule has 3 nitrogen and oxygen atoms in total. The number of amides is 2. The number of urea groups is 1. The van der Waals surface area contributed by atoms with Gasteiger partial charge in [-0.15, -0.1) is 0 Å². The highest BCUT2D eigenvalue weighted by Crippen LogP contribution is 2.36. The monoisotopic (exact) mass is 490 g/mol. The molecule has 0 radical (unpaired) electrons. The van der Waals surface area contributed by atoms with E-state index in [2.05, 4.69) is 90.5 Å². The Labute approximate surface area is 200 Å². The van der Waals surface area contributed by atoms with Crippen molar-refractivity contribution in [3.8, 4) is 0 Å². The number of carbonyl (C=O) groups is 1. The van der Waals surface area contributed by atoms with Crippen LogP contribution in [0.1, 0.15) is 61.9 Å². The molecule has 4 rings (SSSR count). The number of benzene rings is 3. The molecule has 0 heterocycles. The Kier molecular flexibility index (Phi) is 6.71. The smallest absolute Gasteiger partial charge is 0.313 e. The highest BCUT2D eigenvalue weighted by atomic mass is 79.9. The highest BCUT2D eigenvalue weighted by Gasteiger charge is 2.29. The van der Waals surface area contributed by atoms with Crippen molar-refractivity contribution in [2.45, 2.75) is 58.0 Å².